The number of hydrogen-bond acceptors (Lipinski definition) is 5. The van der Waals surface area contributed by atoms with Crippen LogP contribution in [-0.2, 0) is 12.8 Å². The van der Waals surface area contributed by atoms with Crippen LogP contribution in [0.4, 0.5) is 5.82 Å². The van der Waals surface area contributed by atoms with Gasteiger partial charge in [-0.3, -0.25) is 4.68 Å². The first-order valence-corrected chi connectivity index (χ1v) is 5.42. The number of rotatable bonds is 3. The van der Waals surface area contributed by atoms with Crippen LogP contribution in [0.2, 0.25) is 0 Å². The number of aromatic nitrogens is 4. The third-order valence-corrected chi connectivity index (χ3v) is 2.84. The third kappa shape index (κ3) is 2.47. The predicted molar refractivity (Wildman–Crippen MR) is 59.2 cm³/mol. The highest BCUT2D eigenvalue weighted by Gasteiger charge is 2.03. The van der Waals surface area contributed by atoms with Gasteiger partial charge in [0.05, 0.1) is 5.69 Å². The molecular weight excluding hydrogens is 210 g/mol. The van der Waals surface area contributed by atoms with E-state index in [4.69, 9.17) is 5.73 Å². The second-order valence-corrected chi connectivity index (χ2v) is 3.98. The van der Waals surface area contributed by atoms with E-state index in [1.807, 2.05) is 19.3 Å². The SMILES string of the molecule is Cn1ccc(CSc2nccnc2N)n1. The Morgan fingerprint density at radius 2 is 2.20 bits per heavy atom. The molecule has 0 aliphatic rings. The molecular formula is C9H11N5S. The summed E-state index contributed by atoms with van der Waals surface area (Å²) in [5, 5.41) is 5.02. The maximum atomic E-state index is 5.67. The Bertz CT molecular complexity index is 453. The second-order valence-electron chi connectivity index (χ2n) is 3.02. The molecule has 0 atom stereocenters. The maximum absolute atomic E-state index is 5.67. The van der Waals surface area contributed by atoms with Crippen molar-refractivity contribution in [2.24, 2.45) is 7.05 Å². The molecule has 15 heavy (non-hydrogen) atoms. The molecule has 0 aliphatic carbocycles. The molecule has 2 heterocycles. The maximum Gasteiger partial charge on any atom is 0.156 e. The zero-order chi connectivity index (χ0) is 10.7. The van der Waals surface area contributed by atoms with E-state index < -0.39 is 0 Å². The van der Waals surface area contributed by atoms with E-state index >= 15 is 0 Å². The van der Waals surface area contributed by atoms with Crippen LogP contribution in [0.3, 0.4) is 0 Å². The molecule has 2 aromatic rings. The number of thioether (sulfide) groups is 1. The zero-order valence-corrected chi connectivity index (χ0v) is 9.11. The third-order valence-electron chi connectivity index (χ3n) is 1.82. The molecule has 78 valence electrons. The van der Waals surface area contributed by atoms with Crippen molar-refractivity contribution in [1.82, 2.24) is 19.7 Å². The van der Waals surface area contributed by atoms with Crippen LogP contribution in [0.1, 0.15) is 5.69 Å². The summed E-state index contributed by atoms with van der Waals surface area (Å²) in [6.07, 6.45) is 5.13. The Kier molecular flexibility index (Phi) is 2.86. The smallest absolute Gasteiger partial charge is 0.156 e. The molecule has 2 N–H and O–H groups in total. The highest BCUT2D eigenvalue weighted by Crippen LogP contribution is 2.22. The van der Waals surface area contributed by atoms with Crippen LogP contribution in [-0.4, -0.2) is 19.7 Å². The first kappa shape index (κ1) is 9.97. The van der Waals surface area contributed by atoms with Crippen molar-refractivity contribution < 1.29 is 0 Å². The van der Waals surface area contributed by atoms with Gasteiger partial charge in [0.15, 0.2) is 5.82 Å². The van der Waals surface area contributed by atoms with E-state index in [-0.39, 0.29) is 0 Å². The number of aryl methyl sites for hydroxylation is 1. The van der Waals surface area contributed by atoms with Gasteiger partial charge in [0.1, 0.15) is 5.03 Å². The summed E-state index contributed by atoms with van der Waals surface area (Å²) < 4.78 is 1.77. The van der Waals surface area contributed by atoms with Crippen molar-refractivity contribution >= 4 is 17.6 Å². The van der Waals surface area contributed by atoms with Gasteiger partial charge in [-0.2, -0.15) is 5.10 Å². The molecule has 0 aromatic carbocycles. The topological polar surface area (TPSA) is 69.6 Å². The van der Waals surface area contributed by atoms with Crippen molar-refractivity contribution in [3.8, 4) is 0 Å². The van der Waals surface area contributed by atoms with Crippen LogP contribution < -0.4 is 5.73 Å². The normalized spacial score (nSPS) is 10.5. The van der Waals surface area contributed by atoms with Gasteiger partial charge in [-0.05, 0) is 6.07 Å². The van der Waals surface area contributed by atoms with Gasteiger partial charge in [0.25, 0.3) is 0 Å². The predicted octanol–water partition coefficient (Wildman–Crippen LogP) is 1.08. The standard InChI is InChI=1S/C9H11N5S/c1-14-5-2-7(13-14)6-15-9-8(10)11-3-4-12-9/h2-5H,6H2,1H3,(H2,10,11). The van der Waals surface area contributed by atoms with Crippen molar-refractivity contribution in [2.75, 3.05) is 5.73 Å². The van der Waals surface area contributed by atoms with Crippen LogP contribution >= 0.6 is 11.8 Å². The highest BCUT2D eigenvalue weighted by atomic mass is 32.2. The molecule has 0 aliphatic heterocycles. The highest BCUT2D eigenvalue weighted by molar-refractivity contribution is 7.98. The van der Waals surface area contributed by atoms with Crippen LogP contribution in [0.25, 0.3) is 0 Å². The Morgan fingerprint density at radius 1 is 1.40 bits per heavy atom. The molecule has 5 nitrogen and oxygen atoms in total. The Balaban J connectivity index is 2.02. The molecule has 0 fully saturated rings. The van der Waals surface area contributed by atoms with Crippen molar-refractivity contribution in [1.29, 1.82) is 0 Å². The van der Waals surface area contributed by atoms with E-state index in [1.54, 1.807) is 17.1 Å². The fourth-order valence-corrected chi connectivity index (χ4v) is 1.90. The van der Waals surface area contributed by atoms with E-state index in [2.05, 4.69) is 15.1 Å². The molecule has 0 radical (unpaired) electrons. The molecule has 0 saturated heterocycles. The monoisotopic (exact) mass is 221 g/mol. The fraction of sp³-hybridized carbons (Fsp3) is 0.222. The summed E-state index contributed by atoms with van der Waals surface area (Å²) in [6.45, 7) is 0. The van der Waals surface area contributed by atoms with E-state index in [1.165, 1.54) is 11.8 Å². The summed E-state index contributed by atoms with van der Waals surface area (Å²) in [5.41, 5.74) is 6.68. The van der Waals surface area contributed by atoms with Gasteiger partial charge in [-0.1, -0.05) is 11.8 Å². The molecule has 0 amide bonds. The number of nitrogen functional groups attached to an aromatic ring is 1. The van der Waals surface area contributed by atoms with E-state index in [0.29, 0.717) is 5.82 Å². The second kappa shape index (κ2) is 4.31. The van der Waals surface area contributed by atoms with Crippen molar-refractivity contribution in [3.63, 3.8) is 0 Å². The zero-order valence-electron chi connectivity index (χ0n) is 8.29. The first-order valence-electron chi connectivity index (χ1n) is 4.43. The number of anilines is 1. The summed E-state index contributed by atoms with van der Waals surface area (Å²) in [6, 6.07) is 1.97. The summed E-state index contributed by atoms with van der Waals surface area (Å²) in [5.74, 6) is 1.22. The van der Waals surface area contributed by atoms with Crippen molar-refractivity contribution in [2.45, 2.75) is 10.8 Å². The Labute approximate surface area is 91.7 Å². The van der Waals surface area contributed by atoms with Gasteiger partial charge in [0, 0.05) is 31.4 Å². The van der Waals surface area contributed by atoms with E-state index in [0.717, 1.165) is 16.5 Å². The van der Waals surface area contributed by atoms with Gasteiger partial charge in [0.2, 0.25) is 0 Å². The fourth-order valence-electron chi connectivity index (χ4n) is 1.13. The lowest BCUT2D eigenvalue weighted by molar-refractivity contribution is 0.755. The minimum atomic E-state index is 0.471. The van der Waals surface area contributed by atoms with Gasteiger partial charge >= 0.3 is 0 Å². The van der Waals surface area contributed by atoms with Crippen LogP contribution in [0, 0.1) is 0 Å². The first-order chi connectivity index (χ1) is 7.25. The minimum Gasteiger partial charge on any atom is -0.381 e. The summed E-state index contributed by atoms with van der Waals surface area (Å²) in [4.78, 5) is 8.11. The molecule has 2 rings (SSSR count). The molecule has 6 heteroatoms. The average Bonchev–Trinajstić information content (AvgIpc) is 2.63. The number of hydrogen-bond donors (Lipinski definition) is 1. The molecule has 0 bridgehead atoms. The van der Waals surface area contributed by atoms with Crippen LogP contribution in [0.15, 0.2) is 29.7 Å². The van der Waals surface area contributed by atoms with Crippen LogP contribution in [0.5, 0.6) is 0 Å². The lowest BCUT2D eigenvalue weighted by Gasteiger charge is -2.00. The van der Waals surface area contributed by atoms with E-state index in [9.17, 15) is 0 Å². The van der Waals surface area contributed by atoms with Gasteiger partial charge < -0.3 is 5.73 Å². The summed E-state index contributed by atoms with van der Waals surface area (Å²) >= 11 is 1.54. The van der Waals surface area contributed by atoms with Gasteiger partial charge in [-0.25, -0.2) is 9.97 Å². The molecule has 0 saturated carbocycles. The number of nitrogens with zero attached hydrogens (tertiary/aromatic N) is 4. The Morgan fingerprint density at radius 3 is 2.87 bits per heavy atom. The van der Waals surface area contributed by atoms with Crippen molar-refractivity contribution in [3.05, 3.63) is 30.4 Å². The largest absolute Gasteiger partial charge is 0.381 e. The summed E-state index contributed by atoms with van der Waals surface area (Å²) in [7, 11) is 1.89. The minimum absolute atomic E-state index is 0.471. The van der Waals surface area contributed by atoms with Gasteiger partial charge in [-0.15, -0.1) is 0 Å². The quantitative estimate of drug-likeness (QED) is 0.785. The Hall–Kier alpha value is -1.56. The lowest BCUT2D eigenvalue weighted by Crippen LogP contribution is -1.95. The number of nitrogens with two attached hydrogens (primary N) is 1. The molecule has 0 unspecified atom stereocenters. The lowest BCUT2D eigenvalue weighted by atomic mass is 10.5. The molecule has 2 aromatic heterocycles. The molecule has 0 spiro atoms. The average molecular weight is 221 g/mol.